The van der Waals surface area contributed by atoms with E-state index in [2.05, 4.69) is 9.97 Å². The maximum Gasteiger partial charge on any atom is 0.225 e. The molecule has 1 fully saturated rings. The Balaban J connectivity index is 1.63. The largest absolute Gasteiger partial charge is 0.338 e. The predicted molar refractivity (Wildman–Crippen MR) is 84.9 cm³/mol. The first kappa shape index (κ1) is 14.9. The van der Waals surface area contributed by atoms with E-state index < -0.39 is 10.0 Å². The summed E-state index contributed by atoms with van der Waals surface area (Å²) in [4.78, 5) is 10.4. The van der Waals surface area contributed by atoms with Crippen molar-refractivity contribution in [3.63, 3.8) is 0 Å². The summed E-state index contributed by atoms with van der Waals surface area (Å²) in [5.41, 5.74) is 0.816. The van der Waals surface area contributed by atoms with Gasteiger partial charge in [-0.2, -0.15) is 4.31 Å². The highest BCUT2D eigenvalue weighted by atomic mass is 32.2. The van der Waals surface area contributed by atoms with Crippen LogP contribution in [0.5, 0.6) is 0 Å². The summed E-state index contributed by atoms with van der Waals surface area (Å²) >= 11 is 0. The van der Waals surface area contributed by atoms with Crippen molar-refractivity contribution < 1.29 is 8.42 Å². The van der Waals surface area contributed by atoms with Gasteiger partial charge in [0.15, 0.2) is 0 Å². The van der Waals surface area contributed by atoms with E-state index in [1.807, 2.05) is 35.2 Å². The molecule has 2 heterocycles. The molecule has 0 aliphatic carbocycles. The highest BCUT2D eigenvalue weighted by molar-refractivity contribution is 7.88. The Morgan fingerprint density at radius 3 is 2.18 bits per heavy atom. The van der Waals surface area contributed by atoms with Gasteiger partial charge in [0, 0.05) is 38.6 Å². The summed E-state index contributed by atoms with van der Waals surface area (Å²) in [6.45, 7) is 2.15. The Morgan fingerprint density at radius 2 is 1.55 bits per heavy atom. The number of rotatable bonds is 4. The van der Waals surface area contributed by atoms with Crippen LogP contribution in [0.15, 0.2) is 48.8 Å². The Hall–Kier alpha value is -1.99. The summed E-state index contributed by atoms with van der Waals surface area (Å²) in [6.07, 6.45) is 3.39. The summed E-state index contributed by atoms with van der Waals surface area (Å²) in [7, 11) is -3.28. The lowest BCUT2D eigenvalue weighted by molar-refractivity contribution is 0.382. The Kier molecular flexibility index (Phi) is 4.35. The van der Waals surface area contributed by atoms with Crippen molar-refractivity contribution in [2.75, 3.05) is 31.1 Å². The normalized spacial score (nSPS) is 16.6. The van der Waals surface area contributed by atoms with Gasteiger partial charge in [-0.25, -0.2) is 18.4 Å². The maximum atomic E-state index is 12.5. The molecule has 1 aromatic heterocycles. The van der Waals surface area contributed by atoms with E-state index in [1.54, 1.807) is 22.8 Å². The van der Waals surface area contributed by atoms with Crippen molar-refractivity contribution >= 4 is 16.0 Å². The number of benzene rings is 1. The zero-order valence-corrected chi connectivity index (χ0v) is 13.0. The molecule has 0 bridgehead atoms. The lowest BCUT2D eigenvalue weighted by atomic mass is 10.2. The smallest absolute Gasteiger partial charge is 0.225 e. The van der Waals surface area contributed by atoms with Crippen molar-refractivity contribution in [3.05, 3.63) is 54.4 Å². The monoisotopic (exact) mass is 318 g/mol. The van der Waals surface area contributed by atoms with Gasteiger partial charge in [-0.3, -0.25) is 0 Å². The van der Waals surface area contributed by atoms with Gasteiger partial charge in [-0.05, 0) is 11.6 Å². The van der Waals surface area contributed by atoms with Gasteiger partial charge in [0.05, 0.1) is 5.75 Å². The molecule has 7 heteroatoms. The van der Waals surface area contributed by atoms with Gasteiger partial charge < -0.3 is 4.90 Å². The highest BCUT2D eigenvalue weighted by Gasteiger charge is 2.27. The van der Waals surface area contributed by atoms with Crippen LogP contribution in [0.25, 0.3) is 0 Å². The minimum atomic E-state index is -3.28. The molecule has 22 heavy (non-hydrogen) atoms. The molecule has 1 aromatic carbocycles. The third kappa shape index (κ3) is 3.42. The molecule has 6 nitrogen and oxygen atoms in total. The third-order valence-electron chi connectivity index (χ3n) is 3.66. The predicted octanol–water partition coefficient (Wildman–Crippen LogP) is 1.13. The van der Waals surface area contributed by atoms with Crippen molar-refractivity contribution in [2.24, 2.45) is 0 Å². The Labute approximate surface area is 130 Å². The van der Waals surface area contributed by atoms with Crippen LogP contribution in [0.1, 0.15) is 5.56 Å². The zero-order valence-electron chi connectivity index (χ0n) is 12.2. The summed E-state index contributed by atoms with van der Waals surface area (Å²) in [6, 6.07) is 11.0. The molecule has 0 N–H and O–H groups in total. The number of piperazine rings is 1. The van der Waals surface area contributed by atoms with Crippen molar-refractivity contribution in [2.45, 2.75) is 5.75 Å². The van der Waals surface area contributed by atoms with E-state index in [1.165, 1.54) is 0 Å². The second-order valence-corrected chi connectivity index (χ2v) is 7.15. The van der Waals surface area contributed by atoms with Crippen molar-refractivity contribution in [1.29, 1.82) is 0 Å². The van der Waals surface area contributed by atoms with E-state index in [0.717, 1.165) is 5.56 Å². The lowest BCUT2D eigenvalue weighted by Gasteiger charge is -2.33. The van der Waals surface area contributed by atoms with E-state index in [9.17, 15) is 8.42 Å². The van der Waals surface area contributed by atoms with Crippen LogP contribution in [0.4, 0.5) is 5.95 Å². The van der Waals surface area contributed by atoms with Crippen LogP contribution in [0, 0.1) is 0 Å². The van der Waals surface area contributed by atoms with Crippen LogP contribution in [-0.2, 0) is 15.8 Å². The highest BCUT2D eigenvalue weighted by Crippen LogP contribution is 2.15. The van der Waals surface area contributed by atoms with E-state index in [-0.39, 0.29) is 5.75 Å². The summed E-state index contributed by atoms with van der Waals surface area (Å²) in [5, 5.41) is 0. The molecular weight excluding hydrogens is 300 g/mol. The standard InChI is InChI=1S/C15H18N4O2S/c20-22(21,13-14-5-2-1-3-6-14)19-11-9-18(10-12-19)15-16-7-4-8-17-15/h1-8H,9-13H2. The average Bonchev–Trinajstić information content (AvgIpc) is 2.56. The SMILES string of the molecule is O=S(=O)(Cc1ccccc1)N1CCN(c2ncccn2)CC1. The van der Waals surface area contributed by atoms with Crippen LogP contribution in [0.3, 0.4) is 0 Å². The van der Waals surface area contributed by atoms with E-state index in [0.29, 0.717) is 32.1 Å². The molecule has 0 radical (unpaired) electrons. The first-order valence-electron chi connectivity index (χ1n) is 7.19. The molecule has 2 aromatic rings. The van der Waals surface area contributed by atoms with E-state index in [4.69, 9.17) is 0 Å². The summed E-state index contributed by atoms with van der Waals surface area (Å²) < 4.78 is 26.5. The number of hydrogen-bond donors (Lipinski definition) is 0. The minimum Gasteiger partial charge on any atom is -0.338 e. The van der Waals surface area contributed by atoms with E-state index >= 15 is 0 Å². The number of hydrogen-bond acceptors (Lipinski definition) is 5. The minimum absolute atomic E-state index is 0.0513. The molecule has 1 saturated heterocycles. The van der Waals surface area contributed by atoms with Crippen LogP contribution >= 0.6 is 0 Å². The third-order valence-corrected chi connectivity index (χ3v) is 5.51. The second kappa shape index (κ2) is 6.41. The Bertz CT molecular complexity index is 699. The molecule has 0 unspecified atom stereocenters. The fraction of sp³-hybridized carbons (Fsp3) is 0.333. The molecule has 0 saturated carbocycles. The molecule has 3 rings (SSSR count). The Morgan fingerprint density at radius 1 is 0.909 bits per heavy atom. The van der Waals surface area contributed by atoms with Gasteiger partial charge in [-0.1, -0.05) is 30.3 Å². The van der Waals surface area contributed by atoms with Gasteiger partial charge in [0.1, 0.15) is 0 Å². The molecule has 116 valence electrons. The molecular formula is C15H18N4O2S. The van der Waals surface area contributed by atoms with Gasteiger partial charge in [0.25, 0.3) is 0 Å². The number of nitrogens with zero attached hydrogens (tertiary/aromatic N) is 4. The maximum absolute atomic E-state index is 12.5. The zero-order chi connectivity index (χ0) is 15.4. The average molecular weight is 318 g/mol. The fourth-order valence-electron chi connectivity index (χ4n) is 2.50. The van der Waals surface area contributed by atoms with Crippen molar-refractivity contribution in [3.8, 4) is 0 Å². The van der Waals surface area contributed by atoms with Crippen LogP contribution < -0.4 is 4.90 Å². The van der Waals surface area contributed by atoms with Crippen LogP contribution in [0.2, 0.25) is 0 Å². The fourth-order valence-corrected chi connectivity index (χ4v) is 4.01. The quantitative estimate of drug-likeness (QED) is 0.845. The number of anilines is 1. The van der Waals surface area contributed by atoms with Crippen molar-refractivity contribution in [1.82, 2.24) is 14.3 Å². The van der Waals surface area contributed by atoms with Gasteiger partial charge in [0.2, 0.25) is 16.0 Å². The lowest BCUT2D eigenvalue weighted by Crippen LogP contribution is -2.49. The second-order valence-electron chi connectivity index (χ2n) is 5.18. The molecule has 1 aliphatic rings. The molecule has 1 aliphatic heterocycles. The van der Waals surface area contributed by atoms with Gasteiger partial charge in [-0.15, -0.1) is 0 Å². The first-order chi connectivity index (χ1) is 10.6. The van der Waals surface area contributed by atoms with Gasteiger partial charge >= 0.3 is 0 Å². The number of aromatic nitrogens is 2. The molecule has 0 amide bonds. The topological polar surface area (TPSA) is 66.4 Å². The first-order valence-corrected chi connectivity index (χ1v) is 8.80. The molecule has 0 atom stereocenters. The van der Waals surface area contributed by atoms with Crippen LogP contribution in [-0.4, -0.2) is 48.9 Å². The summed E-state index contributed by atoms with van der Waals surface area (Å²) in [5.74, 6) is 0.706. The molecule has 0 spiro atoms. The number of sulfonamides is 1.